The fourth-order valence-electron chi connectivity index (χ4n) is 2.18. The quantitative estimate of drug-likeness (QED) is 0.782. The van der Waals surface area contributed by atoms with Crippen molar-refractivity contribution in [2.24, 2.45) is 11.1 Å². The van der Waals surface area contributed by atoms with Crippen LogP contribution in [0.15, 0.2) is 5.16 Å². The Morgan fingerprint density at radius 2 is 1.76 bits per heavy atom. The molecule has 0 radical (unpaired) electrons. The van der Waals surface area contributed by atoms with Gasteiger partial charge in [-0.05, 0) is 48.5 Å². The van der Waals surface area contributed by atoms with Gasteiger partial charge in [0.25, 0.3) is 0 Å². The lowest BCUT2D eigenvalue weighted by Crippen LogP contribution is -2.38. The van der Waals surface area contributed by atoms with Crippen molar-refractivity contribution in [3.05, 3.63) is 0 Å². The van der Waals surface area contributed by atoms with Gasteiger partial charge in [-0.3, -0.25) is 0 Å². The van der Waals surface area contributed by atoms with Gasteiger partial charge in [0.2, 0.25) is 0 Å². The number of hydrogen-bond donors (Lipinski definition) is 1. The number of ether oxygens (including phenoxy) is 2. The van der Waals surface area contributed by atoms with Gasteiger partial charge < -0.3 is 24.5 Å². The molecule has 0 aromatic heterocycles. The van der Waals surface area contributed by atoms with Crippen LogP contribution < -0.4 is 5.32 Å². The van der Waals surface area contributed by atoms with Crippen molar-refractivity contribution >= 4 is 17.9 Å². The first-order chi connectivity index (χ1) is 11.4. The van der Waals surface area contributed by atoms with E-state index in [9.17, 15) is 9.59 Å². The van der Waals surface area contributed by atoms with E-state index in [0.29, 0.717) is 32.0 Å². The number of carbonyl (C=O) groups is 2. The standard InChI is InChI=1S/C17H31N3O5/c1-8-23-19-13-11-20(15(22)25-17(5,6)7)10-12(13)9-18-14(21)24-16(2,3)4/h12H,8-11H2,1-7H3,(H,18,21)/b19-13+. The van der Waals surface area contributed by atoms with Gasteiger partial charge in [0, 0.05) is 19.0 Å². The van der Waals surface area contributed by atoms with Crippen molar-refractivity contribution in [2.75, 3.05) is 26.2 Å². The summed E-state index contributed by atoms with van der Waals surface area (Å²) in [5, 5.41) is 6.80. The molecular formula is C17H31N3O5. The highest BCUT2D eigenvalue weighted by Crippen LogP contribution is 2.18. The number of nitrogens with one attached hydrogen (secondary N) is 1. The van der Waals surface area contributed by atoms with Crippen molar-refractivity contribution < 1.29 is 23.9 Å². The number of nitrogens with zero attached hydrogens (tertiary/aromatic N) is 2. The first-order valence-corrected chi connectivity index (χ1v) is 8.55. The molecule has 0 spiro atoms. The number of alkyl carbamates (subject to hydrolysis) is 1. The minimum Gasteiger partial charge on any atom is -0.444 e. The molecule has 8 heteroatoms. The zero-order valence-electron chi connectivity index (χ0n) is 16.3. The summed E-state index contributed by atoms with van der Waals surface area (Å²) in [7, 11) is 0. The highest BCUT2D eigenvalue weighted by Gasteiger charge is 2.35. The van der Waals surface area contributed by atoms with Gasteiger partial charge in [-0.1, -0.05) is 5.16 Å². The molecule has 2 amide bonds. The lowest BCUT2D eigenvalue weighted by Gasteiger charge is -2.24. The van der Waals surface area contributed by atoms with Gasteiger partial charge in [-0.25, -0.2) is 9.59 Å². The molecule has 0 aromatic rings. The molecule has 1 N–H and O–H groups in total. The predicted molar refractivity (Wildman–Crippen MR) is 94.6 cm³/mol. The van der Waals surface area contributed by atoms with E-state index in [1.165, 1.54) is 0 Å². The summed E-state index contributed by atoms with van der Waals surface area (Å²) in [5.41, 5.74) is -0.435. The van der Waals surface area contributed by atoms with E-state index in [-0.39, 0.29) is 5.92 Å². The number of rotatable bonds is 4. The third-order valence-electron chi connectivity index (χ3n) is 3.12. The fourth-order valence-corrected chi connectivity index (χ4v) is 2.18. The normalized spacial score (nSPS) is 19.7. The number of oxime groups is 1. The van der Waals surface area contributed by atoms with Crippen LogP contribution in [0.4, 0.5) is 9.59 Å². The summed E-state index contributed by atoms with van der Waals surface area (Å²) >= 11 is 0. The number of carbonyl (C=O) groups excluding carboxylic acids is 2. The van der Waals surface area contributed by atoms with Crippen LogP contribution in [-0.4, -0.2) is 60.2 Å². The molecule has 0 saturated carbocycles. The first kappa shape index (κ1) is 21.1. The molecule has 1 saturated heterocycles. The Labute approximate surface area is 149 Å². The molecule has 0 bridgehead atoms. The molecule has 1 unspecified atom stereocenters. The van der Waals surface area contributed by atoms with E-state index >= 15 is 0 Å². The van der Waals surface area contributed by atoms with E-state index in [1.54, 1.807) is 25.7 Å². The van der Waals surface area contributed by atoms with Crippen molar-refractivity contribution in [3.63, 3.8) is 0 Å². The smallest absolute Gasteiger partial charge is 0.410 e. The second-order valence-electron chi connectivity index (χ2n) is 7.94. The third-order valence-corrected chi connectivity index (χ3v) is 3.12. The van der Waals surface area contributed by atoms with E-state index in [4.69, 9.17) is 14.3 Å². The average molecular weight is 357 g/mol. The zero-order valence-corrected chi connectivity index (χ0v) is 16.3. The molecule has 1 rings (SSSR count). The Bertz CT molecular complexity index is 505. The first-order valence-electron chi connectivity index (χ1n) is 8.55. The summed E-state index contributed by atoms with van der Waals surface area (Å²) in [6, 6.07) is 0. The second-order valence-corrected chi connectivity index (χ2v) is 7.94. The Kier molecular flexibility index (Phi) is 7.07. The molecule has 1 aliphatic heterocycles. The van der Waals surface area contributed by atoms with Gasteiger partial charge in [0.05, 0.1) is 12.3 Å². The molecule has 1 atom stereocenters. The molecule has 0 aliphatic carbocycles. The maximum Gasteiger partial charge on any atom is 0.410 e. The Balaban J connectivity index is 2.68. The zero-order chi connectivity index (χ0) is 19.3. The molecule has 25 heavy (non-hydrogen) atoms. The molecule has 1 heterocycles. The van der Waals surface area contributed by atoms with E-state index in [0.717, 1.165) is 0 Å². The van der Waals surface area contributed by atoms with Crippen LogP contribution >= 0.6 is 0 Å². The van der Waals surface area contributed by atoms with Crippen LogP contribution in [0.2, 0.25) is 0 Å². The molecule has 8 nitrogen and oxygen atoms in total. The van der Waals surface area contributed by atoms with Crippen molar-refractivity contribution in [1.29, 1.82) is 0 Å². The Morgan fingerprint density at radius 3 is 2.28 bits per heavy atom. The lowest BCUT2D eigenvalue weighted by molar-refractivity contribution is 0.0292. The molecule has 1 aliphatic rings. The molecular weight excluding hydrogens is 326 g/mol. The van der Waals surface area contributed by atoms with Crippen LogP contribution in [-0.2, 0) is 14.3 Å². The van der Waals surface area contributed by atoms with Crippen LogP contribution in [0.25, 0.3) is 0 Å². The minimum absolute atomic E-state index is 0.147. The fraction of sp³-hybridized carbons (Fsp3) is 0.824. The summed E-state index contributed by atoms with van der Waals surface area (Å²) in [5.74, 6) is -0.147. The Hall–Kier alpha value is -1.99. The highest BCUT2D eigenvalue weighted by atomic mass is 16.6. The maximum absolute atomic E-state index is 12.2. The third kappa shape index (κ3) is 8.09. The van der Waals surface area contributed by atoms with Gasteiger partial charge >= 0.3 is 12.2 Å². The van der Waals surface area contributed by atoms with E-state index < -0.39 is 23.4 Å². The number of amides is 2. The van der Waals surface area contributed by atoms with Crippen LogP contribution in [0.5, 0.6) is 0 Å². The summed E-state index contributed by atoms with van der Waals surface area (Å²) in [4.78, 5) is 30.8. The van der Waals surface area contributed by atoms with Crippen molar-refractivity contribution in [2.45, 2.75) is 59.7 Å². The largest absolute Gasteiger partial charge is 0.444 e. The van der Waals surface area contributed by atoms with Gasteiger partial charge in [0.1, 0.15) is 17.8 Å². The van der Waals surface area contributed by atoms with Crippen LogP contribution in [0, 0.1) is 5.92 Å². The molecule has 144 valence electrons. The monoisotopic (exact) mass is 357 g/mol. The number of likely N-dealkylation sites (tertiary alicyclic amines) is 1. The lowest BCUT2D eigenvalue weighted by atomic mass is 10.1. The molecule has 0 aromatic carbocycles. The van der Waals surface area contributed by atoms with Crippen LogP contribution in [0.3, 0.4) is 0 Å². The summed E-state index contributed by atoms with van der Waals surface area (Å²) in [6.07, 6.45) is -0.907. The van der Waals surface area contributed by atoms with Crippen molar-refractivity contribution in [1.82, 2.24) is 10.2 Å². The average Bonchev–Trinajstić information content (AvgIpc) is 2.82. The van der Waals surface area contributed by atoms with Gasteiger partial charge in [0.15, 0.2) is 0 Å². The van der Waals surface area contributed by atoms with Gasteiger partial charge in [-0.2, -0.15) is 0 Å². The Morgan fingerprint density at radius 1 is 1.16 bits per heavy atom. The summed E-state index contributed by atoms with van der Waals surface area (Å²) in [6.45, 7) is 14.1. The highest BCUT2D eigenvalue weighted by molar-refractivity contribution is 5.94. The van der Waals surface area contributed by atoms with Gasteiger partial charge in [-0.15, -0.1) is 0 Å². The van der Waals surface area contributed by atoms with E-state index in [1.807, 2.05) is 27.7 Å². The van der Waals surface area contributed by atoms with Crippen molar-refractivity contribution in [3.8, 4) is 0 Å². The SMILES string of the molecule is CCO/N=C1\CN(C(=O)OC(C)(C)C)CC1CNC(=O)OC(C)(C)C. The number of hydrogen-bond acceptors (Lipinski definition) is 6. The van der Waals surface area contributed by atoms with Crippen LogP contribution in [0.1, 0.15) is 48.5 Å². The maximum atomic E-state index is 12.2. The second kappa shape index (κ2) is 8.40. The topological polar surface area (TPSA) is 89.5 Å². The van der Waals surface area contributed by atoms with E-state index in [2.05, 4.69) is 10.5 Å². The summed E-state index contributed by atoms with van der Waals surface area (Å²) < 4.78 is 10.6. The molecule has 1 fully saturated rings. The predicted octanol–water partition coefficient (Wildman–Crippen LogP) is 2.77. The minimum atomic E-state index is -0.568.